The Bertz CT molecular complexity index is 873. The molecule has 2 aliphatic carbocycles. The van der Waals surface area contributed by atoms with Gasteiger partial charge in [0.1, 0.15) is 11.5 Å². The van der Waals surface area contributed by atoms with Crippen LogP contribution in [0.3, 0.4) is 0 Å². The Morgan fingerprint density at radius 1 is 1.03 bits per heavy atom. The van der Waals surface area contributed by atoms with Crippen molar-refractivity contribution in [3.63, 3.8) is 0 Å². The number of benzene rings is 2. The van der Waals surface area contributed by atoms with Crippen LogP contribution in [-0.2, 0) is 16.0 Å². The topological polar surface area (TPSA) is 44.8 Å². The summed E-state index contributed by atoms with van der Waals surface area (Å²) >= 11 is 0. The number of hydrogen-bond acceptors (Lipinski definition) is 4. The lowest BCUT2D eigenvalue weighted by atomic mass is 9.83. The molecule has 2 aliphatic rings. The molecule has 0 aromatic heterocycles. The van der Waals surface area contributed by atoms with Gasteiger partial charge in [-0.15, -0.1) is 0 Å². The van der Waals surface area contributed by atoms with Crippen LogP contribution in [0.25, 0.3) is 0 Å². The van der Waals surface area contributed by atoms with Crippen LogP contribution in [0, 0.1) is 23.7 Å². The Kier molecular flexibility index (Phi) is 6.31. The fraction of sp³-hybridized carbons (Fsp3) is 0.500. The van der Waals surface area contributed by atoms with Gasteiger partial charge < -0.3 is 14.2 Å². The van der Waals surface area contributed by atoms with Gasteiger partial charge in [0.2, 0.25) is 0 Å². The smallest absolute Gasteiger partial charge is 0.309 e. The zero-order valence-electron chi connectivity index (χ0n) is 18.2. The van der Waals surface area contributed by atoms with Gasteiger partial charge in [-0.3, -0.25) is 4.79 Å². The van der Waals surface area contributed by atoms with Gasteiger partial charge in [0.05, 0.1) is 26.7 Å². The van der Waals surface area contributed by atoms with Crippen LogP contribution in [0.15, 0.2) is 48.5 Å². The number of carbonyl (C=O) groups is 1. The lowest BCUT2D eigenvalue weighted by Crippen LogP contribution is -2.22. The fourth-order valence-electron chi connectivity index (χ4n) is 4.64. The summed E-state index contributed by atoms with van der Waals surface area (Å²) in [5.74, 6) is 3.64. The Morgan fingerprint density at radius 2 is 1.80 bits per heavy atom. The maximum absolute atomic E-state index is 12.1. The monoisotopic (exact) mass is 408 g/mol. The number of methoxy groups -OCH3 is 2. The van der Waals surface area contributed by atoms with Crippen LogP contribution < -0.4 is 9.47 Å². The third kappa shape index (κ3) is 4.97. The minimum atomic E-state index is -0.131. The van der Waals surface area contributed by atoms with Crippen molar-refractivity contribution in [2.45, 2.75) is 38.5 Å². The van der Waals surface area contributed by atoms with Crippen molar-refractivity contribution in [2.24, 2.45) is 23.7 Å². The highest BCUT2D eigenvalue weighted by molar-refractivity contribution is 5.73. The molecule has 2 aromatic rings. The van der Waals surface area contributed by atoms with Gasteiger partial charge in [-0.1, -0.05) is 31.2 Å². The minimum absolute atomic E-state index is 0.128. The summed E-state index contributed by atoms with van der Waals surface area (Å²) in [5.41, 5.74) is 2.52. The van der Waals surface area contributed by atoms with E-state index >= 15 is 0 Å². The highest BCUT2D eigenvalue weighted by Gasteiger charge is 2.40. The summed E-state index contributed by atoms with van der Waals surface area (Å²) in [6, 6.07) is 16.7. The van der Waals surface area contributed by atoms with E-state index < -0.39 is 0 Å². The van der Waals surface area contributed by atoms with Crippen molar-refractivity contribution in [3.8, 4) is 11.5 Å². The highest BCUT2D eigenvalue weighted by Crippen LogP contribution is 2.47. The molecule has 0 spiro atoms. The second-order valence-electron chi connectivity index (χ2n) is 8.87. The molecule has 0 amide bonds. The minimum Gasteiger partial charge on any atom is -0.497 e. The molecule has 4 heteroatoms. The first-order valence-electron chi connectivity index (χ1n) is 11.0. The fourth-order valence-corrected chi connectivity index (χ4v) is 4.64. The molecule has 2 saturated carbocycles. The van der Waals surface area contributed by atoms with Gasteiger partial charge in [-0.25, -0.2) is 0 Å². The molecule has 0 bridgehead atoms. The molecule has 0 N–H and O–H groups in total. The van der Waals surface area contributed by atoms with Crippen LogP contribution >= 0.6 is 0 Å². The number of carbonyl (C=O) groups excluding carboxylic acids is 1. The second-order valence-corrected chi connectivity index (χ2v) is 8.87. The molecule has 4 rings (SSSR count). The van der Waals surface area contributed by atoms with Crippen LogP contribution in [-0.4, -0.2) is 26.8 Å². The van der Waals surface area contributed by atoms with Crippen LogP contribution in [0.1, 0.15) is 43.2 Å². The van der Waals surface area contributed by atoms with Gasteiger partial charge in [0.25, 0.3) is 0 Å². The van der Waals surface area contributed by atoms with E-state index in [1.807, 2.05) is 25.1 Å². The molecule has 0 saturated heterocycles. The molecule has 4 nitrogen and oxygen atoms in total. The van der Waals surface area contributed by atoms with Crippen molar-refractivity contribution >= 4 is 5.97 Å². The lowest BCUT2D eigenvalue weighted by Gasteiger charge is -2.23. The second kappa shape index (κ2) is 9.11. The van der Waals surface area contributed by atoms with Crippen molar-refractivity contribution in [1.29, 1.82) is 0 Å². The van der Waals surface area contributed by atoms with Crippen molar-refractivity contribution in [1.82, 2.24) is 0 Å². The summed E-state index contributed by atoms with van der Waals surface area (Å²) in [4.78, 5) is 12.1. The normalized spacial score (nSPS) is 22.1. The van der Waals surface area contributed by atoms with Gasteiger partial charge >= 0.3 is 5.97 Å². The first kappa shape index (κ1) is 20.8. The Labute approximate surface area is 179 Å². The third-order valence-electron chi connectivity index (χ3n) is 6.65. The van der Waals surface area contributed by atoms with E-state index in [9.17, 15) is 4.79 Å². The first-order chi connectivity index (χ1) is 14.6. The predicted molar refractivity (Wildman–Crippen MR) is 117 cm³/mol. The predicted octanol–water partition coefficient (Wildman–Crippen LogP) is 5.26. The third-order valence-corrected chi connectivity index (χ3v) is 6.65. The van der Waals surface area contributed by atoms with E-state index in [-0.39, 0.29) is 17.8 Å². The average Bonchev–Trinajstić information content (AvgIpc) is 3.70. The highest BCUT2D eigenvalue weighted by atomic mass is 16.5. The summed E-state index contributed by atoms with van der Waals surface area (Å²) in [5, 5.41) is 0. The standard InChI is InChI=1S/C26H32O4/c1-17(26(27)29-3)25(19-10-11-19)20-7-5-9-24(15-20)30-16-22-14-21(22)12-18-6-4-8-23(13-18)28-2/h4-9,13,15,17,19,21-22,25H,10-12,14,16H2,1-3H3/t17-,21?,22?,25-/m0/s1. The molecule has 30 heavy (non-hydrogen) atoms. The van der Waals surface area contributed by atoms with Crippen LogP contribution in [0.5, 0.6) is 11.5 Å². The van der Waals surface area contributed by atoms with Crippen LogP contribution in [0.2, 0.25) is 0 Å². The quantitative estimate of drug-likeness (QED) is 0.503. The summed E-state index contributed by atoms with van der Waals surface area (Å²) in [7, 11) is 3.18. The molecule has 2 unspecified atom stereocenters. The van der Waals surface area contributed by atoms with Crippen molar-refractivity contribution in [3.05, 3.63) is 59.7 Å². The number of rotatable bonds is 10. The molecular weight excluding hydrogens is 376 g/mol. The molecule has 0 radical (unpaired) electrons. The van der Waals surface area contributed by atoms with E-state index in [1.54, 1.807) is 7.11 Å². The molecular formula is C26H32O4. The van der Waals surface area contributed by atoms with E-state index in [1.165, 1.54) is 37.5 Å². The van der Waals surface area contributed by atoms with Gasteiger partial charge in [-0.2, -0.15) is 0 Å². The van der Waals surface area contributed by atoms with Gasteiger partial charge in [0, 0.05) is 0 Å². The van der Waals surface area contributed by atoms with E-state index in [0.717, 1.165) is 24.5 Å². The largest absolute Gasteiger partial charge is 0.497 e. The zero-order chi connectivity index (χ0) is 21.1. The SMILES string of the molecule is COC(=O)[C@@H](C)[C@H](c1cccc(OCC2CC2Cc2cccc(OC)c2)c1)C1CC1. The first-order valence-corrected chi connectivity index (χ1v) is 11.0. The Morgan fingerprint density at radius 3 is 2.53 bits per heavy atom. The van der Waals surface area contributed by atoms with E-state index in [2.05, 4.69) is 30.3 Å². The van der Waals surface area contributed by atoms with Gasteiger partial charge in [-0.05, 0) is 84.7 Å². The number of esters is 1. The maximum Gasteiger partial charge on any atom is 0.309 e. The summed E-state index contributed by atoms with van der Waals surface area (Å²) in [6.07, 6.45) is 4.66. The Balaban J connectivity index is 1.33. The van der Waals surface area contributed by atoms with Crippen molar-refractivity contribution < 1.29 is 19.0 Å². The number of hydrogen-bond donors (Lipinski definition) is 0. The summed E-state index contributed by atoms with van der Waals surface area (Å²) in [6.45, 7) is 2.73. The average molecular weight is 409 g/mol. The van der Waals surface area contributed by atoms with E-state index in [4.69, 9.17) is 14.2 Å². The Hall–Kier alpha value is -2.49. The van der Waals surface area contributed by atoms with Gasteiger partial charge in [0.15, 0.2) is 0 Å². The van der Waals surface area contributed by atoms with Crippen LogP contribution in [0.4, 0.5) is 0 Å². The van der Waals surface area contributed by atoms with E-state index in [0.29, 0.717) is 17.8 Å². The molecule has 160 valence electrons. The summed E-state index contributed by atoms with van der Waals surface area (Å²) < 4.78 is 16.5. The van der Waals surface area contributed by atoms with Crippen molar-refractivity contribution in [2.75, 3.05) is 20.8 Å². The molecule has 2 fully saturated rings. The molecule has 2 aromatic carbocycles. The number of ether oxygens (including phenoxy) is 3. The zero-order valence-corrected chi connectivity index (χ0v) is 18.2. The maximum atomic E-state index is 12.1. The molecule has 4 atom stereocenters. The molecule has 0 aliphatic heterocycles. The lowest BCUT2D eigenvalue weighted by molar-refractivity contribution is -0.145. The molecule has 0 heterocycles.